The molecule has 1 aromatic rings. The molecule has 4 nitrogen and oxygen atoms in total. The van der Waals surface area contributed by atoms with Crippen LogP contribution in [0.1, 0.15) is 18.1 Å². The third-order valence-corrected chi connectivity index (χ3v) is 2.26. The summed E-state index contributed by atoms with van der Waals surface area (Å²) in [5, 5.41) is 12.5. The minimum absolute atomic E-state index is 0.227. The summed E-state index contributed by atoms with van der Waals surface area (Å²) in [6.07, 6.45) is 0. The summed E-state index contributed by atoms with van der Waals surface area (Å²) in [6, 6.07) is 4.94. The first-order valence-electron chi connectivity index (χ1n) is 4.82. The molecule has 1 unspecified atom stereocenters. The van der Waals surface area contributed by atoms with Crippen molar-refractivity contribution in [3.63, 3.8) is 0 Å². The number of phenolic OH excluding ortho intramolecular Hbond substituents is 1. The molecule has 4 heteroatoms. The molecular formula is C11H16N2O2. The van der Waals surface area contributed by atoms with Crippen molar-refractivity contribution in [2.75, 3.05) is 0 Å². The largest absolute Gasteiger partial charge is 0.508 e. The molecule has 4 N–H and O–H groups in total. The topological polar surface area (TPSA) is 75.3 Å². The van der Waals surface area contributed by atoms with E-state index in [-0.39, 0.29) is 5.75 Å². The Morgan fingerprint density at radius 3 is 2.87 bits per heavy atom. The number of aryl methyl sites for hydroxylation is 1. The number of amides is 1. The van der Waals surface area contributed by atoms with Crippen LogP contribution in [0.2, 0.25) is 0 Å². The predicted molar refractivity (Wildman–Crippen MR) is 58.3 cm³/mol. The first kappa shape index (κ1) is 11.5. The standard InChI is InChI=1S/C11H16N2O2/c1-7-3-4-10(14)9(5-7)6-13-8(2)11(12)15/h3-5,8,13-14H,6H2,1-2H3,(H2,12,15). The van der Waals surface area contributed by atoms with Gasteiger partial charge in [0.25, 0.3) is 0 Å². The summed E-state index contributed by atoms with van der Waals surface area (Å²) < 4.78 is 0. The van der Waals surface area contributed by atoms with Crippen molar-refractivity contribution in [2.45, 2.75) is 26.4 Å². The van der Waals surface area contributed by atoms with Crippen LogP contribution in [0.4, 0.5) is 0 Å². The van der Waals surface area contributed by atoms with Crippen LogP contribution in [0.15, 0.2) is 18.2 Å². The first-order chi connectivity index (χ1) is 7.00. The van der Waals surface area contributed by atoms with Crippen LogP contribution in [0.3, 0.4) is 0 Å². The lowest BCUT2D eigenvalue weighted by Gasteiger charge is -2.11. The molecule has 0 saturated heterocycles. The molecule has 0 aliphatic heterocycles. The van der Waals surface area contributed by atoms with E-state index in [0.29, 0.717) is 6.54 Å². The number of carbonyl (C=O) groups excluding carboxylic acids is 1. The zero-order chi connectivity index (χ0) is 11.4. The number of hydrogen-bond acceptors (Lipinski definition) is 3. The van der Waals surface area contributed by atoms with E-state index in [2.05, 4.69) is 5.32 Å². The van der Waals surface area contributed by atoms with Crippen LogP contribution in [-0.2, 0) is 11.3 Å². The number of phenols is 1. The average Bonchev–Trinajstić information content (AvgIpc) is 2.18. The van der Waals surface area contributed by atoms with Crippen molar-refractivity contribution in [3.05, 3.63) is 29.3 Å². The minimum atomic E-state index is -0.401. The molecule has 15 heavy (non-hydrogen) atoms. The van der Waals surface area contributed by atoms with E-state index in [4.69, 9.17) is 5.73 Å². The number of nitrogens with one attached hydrogen (secondary N) is 1. The number of hydrogen-bond donors (Lipinski definition) is 3. The molecule has 0 aliphatic carbocycles. The van der Waals surface area contributed by atoms with Crippen LogP contribution >= 0.6 is 0 Å². The summed E-state index contributed by atoms with van der Waals surface area (Å²) in [5.41, 5.74) is 6.94. The van der Waals surface area contributed by atoms with Crippen molar-refractivity contribution in [1.29, 1.82) is 0 Å². The second-order valence-electron chi connectivity index (χ2n) is 3.64. The summed E-state index contributed by atoms with van der Waals surface area (Å²) in [6.45, 7) is 4.06. The van der Waals surface area contributed by atoms with Crippen LogP contribution in [0, 0.1) is 6.92 Å². The molecule has 0 saturated carbocycles. The Morgan fingerprint density at radius 1 is 1.60 bits per heavy atom. The van der Waals surface area contributed by atoms with Gasteiger partial charge in [-0.3, -0.25) is 4.79 Å². The highest BCUT2D eigenvalue weighted by atomic mass is 16.3. The van der Waals surface area contributed by atoms with Crippen LogP contribution in [0.25, 0.3) is 0 Å². The van der Waals surface area contributed by atoms with Crippen molar-refractivity contribution in [2.24, 2.45) is 5.73 Å². The average molecular weight is 208 g/mol. The maximum Gasteiger partial charge on any atom is 0.234 e. The molecular weight excluding hydrogens is 192 g/mol. The number of benzene rings is 1. The number of rotatable bonds is 4. The fraction of sp³-hybridized carbons (Fsp3) is 0.364. The van der Waals surface area contributed by atoms with Crippen LogP contribution < -0.4 is 11.1 Å². The van der Waals surface area contributed by atoms with E-state index in [1.807, 2.05) is 19.1 Å². The van der Waals surface area contributed by atoms with Gasteiger partial charge >= 0.3 is 0 Å². The molecule has 0 spiro atoms. The highest BCUT2D eigenvalue weighted by Crippen LogP contribution is 2.17. The SMILES string of the molecule is Cc1ccc(O)c(CNC(C)C(N)=O)c1. The van der Waals surface area contributed by atoms with Gasteiger partial charge in [-0.1, -0.05) is 17.7 Å². The van der Waals surface area contributed by atoms with E-state index >= 15 is 0 Å². The van der Waals surface area contributed by atoms with Gasteiger partial charge < -0.3 is 16.2 Å². The third-order valence-electron chi connectivity index (χ3n) is 2.26. The molecule has 1 atom stereocenters. The fourth-order valence-electron chi connectivity index (χ4n) is 1.22. The number of aromatic hydroxyl groups is 1. The summed E-state index contributed by atoms with van der Waals surface area (Å²) >= 11 is 0. The Kier molecular flexibility index (Phi) is 3.68. The summed E-state index contributed by atoms with van der Waals surface area (Å²) in [4.78, 5) is 10.8. The Morgan fingerprint density at radius 2 is 2.27 bits per heavy atom. The third kappa shape index (κ3) is 3.25. The summed E-state index contributed by atoms with van der Waals surface area (Å²) in [7, 11) is 0. The summed E-state index contributed by atoms with van der Waals surface area (Å²) in [5.74, 6) is -0.174. The van der Waals surface area contributed by atoms with Gasteiger partial charge in [-0.15, -0.1) is 0 Å². The quantitative estimate of drug-likeness (QED) is 0.680. The fourth-order valence-corrected chi connectivity index (χ4v) is 1.22. The Bertz CT molecular complexity index is 364. The van der Waals surface area contributed by atoms with Crippen LogP contribution in [-0.4, -0.2) is 17.1 Å². The van der Waals surface area contributed by atoms with E-state index < -0.39 is 11.9 Å². The smallest absolute Gasteiger partial charge is 0.234 e. The maximum atomic E-state index is 10.8. The Balaban J connectivity index is 2.65. The Hall–Kier alpha value is -1.55. The lowest BCUT2D eigenvalue weighted by Crippen LogP contribution is -2.38. The van der Waals surface area contributed by atoms with Crippen molar-refractivity contribution >= 4 is 5.91 Å². The van der Waals surface area contributed by atoms with E-state index in [1.165, 1.54) is 0 Å². The number of nitrogens with two attached hydrogens (primary N) is 1. The number of primary amides is 1. The highest BCUT2D eigenvalue weighted by Gasteiger charge is 2.08. The van der Waals surface area contributed by atoms with E-state index in [1.54, 1.807) is 13.0 Å². The van der Waals surface area contributed by atoms with Crippen LogP contribution in [0.5, 0.6) is 5.75 Å². The van der Waals surface area contributed by atoms with Gasteiger partial charge in [-0.2, -0.15) is 0 Å². The van der Waals surface area contributed by atoms with Crippen molar-refractivity contribution in [1.82, 2.24) is 5.32 Å². The maximum absolute atomic E-state index is 10.8. The second kappa shape index (κ2) is 4.79. The minimum Gasteiger partial charge on any atom is -0.508 e. The number of carbonyl (C=O) groups is 1. The predicted octanol–water partition coefficient (Wildman–Crippen LogP) is 0.664. The lowest BCUT2D eigenvalue weighted by atomic mass is 10.1. The monoisotopic (exact) mass is 208 g/mol. The highest BCUT2D eigenvalue weighted by molar-refractivity contribution is 5.79. The van der Waals surface area contributed by atoms with Gasteiger partial charge in [0.1, 0.15) is 5.75 Å². The van der Waals surface area contributed by atoms with Gasteiger partial charge in [0.2, 0.25) is 5.91 Å². The van der Waals surface area contributed by atoms with Gasteiger partial charge in [0, 0.05) is 12.1 Å². The van der Waals surface area contributed by atoms with Gasteiger partial charge in [0.05, 0.1) is 6.04 Å². The zero-order valence-corrected chi connectivity index (χ0v) is 8.95. The molecule has 0 bridgehead atoms. The molecule has 1 aromatic carbocycles. The van der Waals surface area contributed by atoms with Gasteiger partial charge in [-0.25, -0.2) is 0 Å². The van der Waals surface area contributed by atoms with E-state index in [9.17, 15) is 9.90 Å². The zero-order valence-electron chi connectivity index (χ0n) is 8.95. The first-order valence-corrected chi connectivity index (χ1v) is 4.82. The Labute approximate surface area is 89.1 Å². The van der Waals surface area contributed by atoms with Gasteiger partial charge in [-0.05, 0) is 19.9 Å². The molecule has 1 amide bonds. The molecule has 0 heterocycles. The normalized spacial score (nSPS) is 12.4. The lowest BCUT2D eigenvalue weighted by molar-refractivity contribution is -0.119. The molecule has 0 fully saturated rings. The molecule has 1 rings (SSSR count). The second-order valence-corrected chi connectivity index (χ2v) is 3.64. The van der Waals surface area contributed by atoms with Crippen molar-refractivity contribution < 1.29 is 9.90 Å². The van der Waals surface area contributed by atoms with Gasteiger partial charge in [0.15, 0.2) is 0 Å². The molecule has 82 valence electrons. The molecule has 0 aliphatic rings. The van der Waals surface area contributed by atoms with E-state index in [0.717, 1.165) is 11.1 Å². The van der Waals surface area contributed by atoms with Crippen molar-refractivity contribution in [3.8, 4) is 5.75 Å². The molecule has 0 radical (unpaired) electrons. The molecule has 0 aromatic heterocycles.